The maximum Gasteiger partial charge on any atom is 4.00 e. The summed E-state index contributed by atoms with van der Waals surface area (Å²) in [6.07, 6.45) is 0. The van der Waals surface area contributed by atoms with E-state index < -0.39 is 0 Å². The number of nitrogens with one attached hydrogen (secondary N) is 1. The first kappa shape index (κ1) is 32.2. The summed E-state index contributed by atoms with van der Waals surface area (Å²) in [5.41, 5.74) is 11.1. The molecule has 0 heterocycles. The van der Waals surface area contributed by atoms with Gasteiger partial charge in [-0.1, -0.05) is 76.2 Å². The first-order valence-corrected chi connectivity index (χ1v) is 11.0. The molecule has 0 amide bonds. The molecule has 0 aliphatic carbocycles. The number of fused-ring (bicyclic) bond motifs is 1. The van der Waals surface area contributed by atoms with E-state index in [4.69, 9.17) is 5.73 Å². The zero-order valence-corrected chi connectivity index (χ0v) is 23.8. The van der Waals surface area contributed by atoms with Gasteiger partial charge in [0.05, 0.1) is 0 Å². The van der Waals surface area contributed by atoms with Gasteiger partial charge in [-0.15, -0.1) is 35.3 Å². The predicted octanol–water partition coefficient (Wildman–Crippen LogP) is 1.97. The van der Waals surface area contributed by atoms with E-state index in [1.165, 1.54) is 10.8 Å². The standard InChI is InChI=1S/C12H18N.C9H7.C2H6Si.2ClH.Hf/c1-8(2)10-6-5-7-11(9(3)4)12(10)13;1-2-5-9-7-3-6-8(9)4-1;1-3-2;;;/h5-9,13H,1-4H3;1-7H;1-2H3;2*1H;/q2*-1;;;;+4/p-2. The third kappa shape index (κ3) is 10.3. The van der Waals surface area contributed by atoms with Gasteiger partial charge in [-0.3, -0.25) is 0 Å². The molecule has 0 atom stereocenters. The second kappa shape index (κ2) is 17.4. The Morgan fingerprint density at radius 3 is 1.68 bits per heavy atom. The Bertz CT molecular complexity index is 701. The van der Waals surface area contributed by atoms with Gasteiger partial charge >= 0.3 is 25.8 Å². The molecular weight excluding hydrogens is 568 g/mol. The van der Waals surface area contributed by atoms with Crippen LogP contribution in [0.1, 0.15) is 50.7 Å². The van der Waals surface area contributed by atoms with Crippen molar-refractivity contribution in [2.75, 3.05) is 0 Å². The molecule has 28 heavy (non-hydrogen) atoms. The normalized spacial score (nSPS) is 9.14. The molecule has 3 aromatic carbocycles. The van der Waals surface area contributed by atoms with Crippen molar-refractivity contribution in [3.05, 3.63) is 77.5 Å². The van der Waals surface area contributed by atoms with Crippen molar-refractivity contribution in [3.63, 3.8) is 0 Å². The van der Waals surface area contributed by atoms with Crippen molar-refractivity contribution in [1.82, 2.24) is 0 Å². The molecular formula is C23H31Cl2HfNSi. The smallest absolute Gasteiger partial charge is 1.00 e. The van der Waals surface area contributed by atoms with Gasteiger partial charge in [0.25, 0.3) is 0 Å². The van der Waals surface area contributed by atoms with Gasteiger partial charge in [-0.05, 0) is 11.8 Å². The number of hydrogen-bond acceptors (Lipinski definition) is 0. The molecule has 1 N–H and O–H groups in total. The quantitative estimate of drug-likeness (QED) is 0.318. The van der Waals surface area contributed by atoms with Gasteiger partial charge in [0.2, 0.25) is 0 Å². The maximum absolute atomic E-state index is 8.01. The van der Waals surface area contributed by atoms with Crippen LogP contribution in [0, 0.1) is 0 Å². The number of halogens is 2. The second-order valence-corrected chi connectivity index (χ2v) is 7.78. The van der Waals surface area contributed by atoms with E-state index in [2.05, 4.69) is 101 Å². The Balaban J connectivity index is -0.000000368. The molecule has 0 fully saturated rings. The fourth-order valence-electron chi connectivity index (χ4n) is 2.62. The summed E-state index contributed by atoms with van der Waals surface area (Å²) in [7, 11) is 1.08. The van der Waals surface area contributed by atoms with Crippen LogP contribution in [-0.2, 0) is 25.8 Å². The summed E-state index contributed by atoms with van der Waals surface area (Å²) in [5.74, 6) is 0.900. The van der Waals surface area contributed by atoms with Gasteiger partial charge in [-0.25, -0.2) is 0 Å². The van der Waals surface area contributed by atoms with Gasteiger partial charge in [0.1, 0.15) is 0 Å². The molecule has 0 unspecified atom stereocenters. The van der Waals surface area contributed by atoms with Crippen LogP contribution in [0.15, 0.2) is 60.7 Å². The van der Waals surface area contributed by atoms with E-state index in [0.717, 1.165) is 26.3 Å². The molecule has 0 bridgehead atoms. The van der Waals surface area contributed by atoms with Crippen molar-refractivity contribution >= 4 is 26.0 Å². The van der Waals surface area contributed by atoms with Crippen molar-refractivity contribution in [2.45, 2.75) is 52.6 Å². The van der Waals surface area contributed by atoms with E-state index in [9.17, 15) is 0 Å². The van der Waals surface area contributed by atoms with E-state index in [-0.39, 0.29) is 50.7 Å². The number of rotatable bonds is 2. The minimum Gasteiger partial charge on any atom is -1.00 e. The minimum absolute atomic E-state index is 0. The average Bonchev–Trinajstić information content (AvgIpc) is 3.04. The van der Waals surface area contributed by atoms with Crippen LogP contribution in [0.25, 0.3) is 16.5 Å². The third-order valence-corrected chi connectivity index (χ3v) is 3.92. The van der Waals surface area contributed by atoms with Crippen LogP contribution < -0.4 is 24.8 Å². The fourth-order valence-corrected chi connectivity index (χ4v) is 2.62. The topological polar surface area (TPSA) is 23.8 Å². The molecule has 0 saturated heterocycles. The summed E-state index contributed by atoms with van der Waals surface area (Å²) in [4.78, 5) is 0. The Hall–Kier alpha value is -0.483. The summed E-state index contributed by atoms with van der Waals surface area (Å²) < 4.78 is 0. The molecule has 0 aliphatic heterocycles. The van der Waals surface area contributed by atoms with Crippen molar-refractivity contribution in [1.29, 1.82) is 0 Å². The van der Waals surface area contributed by atoms with Gasteiger partial charge in [-0.2, -0.15) is 17.5 Å². The SMILES string of the molecule is CC(C)c1cccc(C(C)C)c1[NH-].C[Si]C.[Cl-].[Cl-].[Hf+4].c1ccc2[cH-]ccc2c1. The molecule has 0 saturated carbocycles. The Morgan fingerprint density at radius 1 is 0.786 bits per heavy atom. The van der Waals surface area contributed by atoms with E-state index in [1.54, 1.807) is 0 Å². The molecule has 3 rings (SSSR count). The monoisotopic (exact) mass is 599 g/mol. The molecule has 5 heteroatoms. The van der Waals surface area contributed by atoms with Crippen LogP contribution in [0.4, 0.5) is 5.69 Å². The molecule has 3 aromatic rings. The molecule has 0 spiro atoms. The van der Waals surface area contributed by atoms with Crippen LogP contribution in [0.5, 0.6) is 0 Å². The molecule has 2 radical (unpaired) electrons. The maximum atomic E-state index is 8.01. The summed E-state index contributed by atoms with van der Waals surface area (Å²) in [5, 5.41) is 2.66. The minimum atomic E-state index is 0. The predicted molar refractivity (Wildman–Crippen MR) is 116 cm³/mol. The van der Waals surface area contributed by atoms with Crippen LogP contribution >= 0.6 is 0 Å². The Labute approximate surface area is 205 Å². The van der Waals surface area contributed by atoms with Crippen LogP contribution in [-0.4, -0.2) is 9.52 Å². The first-order chi connectivity index (χ1) is 11.9. The van der Waals surface area contributed by atoms with E-state index in [1.807, 2.05) is 0 Å². The molecule has 1 nitrogen and oxygen atoms in total. The van der Waals surface area contributed by atoms with Crippen molar-refractivity contribution in [3.8, 4) is 0 Å². The molecule has 0 aromatic heterocycles. The van der Waals surface area contributed by atoms with Gasteiger partial charge in [0.15, 0.2) is 0 Å². The van der Waals surface area contributed by atoms with Crippen molar-refractivity contribution < 1.29 is 50.7 Å². The summed E-state index contributed by atoms with van der Waals surface area (Å²) in [6.45, 7) is 12.9. The van der Waals surface area contributed by atoms with Crippen LogP contribution in [0.2, 0.25) is 13.1 Å². The first-order valence-electron chi connectivity index (χ1n) is 8.95. The second-order valence-electron chi connectivity index (χ2n) is 6.78. The van der Waals surface area contributed by atoms with Gasteiger partial charge in [0, 0.05) is 9.52 Å². The third-order valence-electron chi connectivity index (χ3n) is 3.92. The summed E-state index contributed by atoms with van der Waals surface area (Å²) >= 11 is 0. The van der Waals surface area contributed by atoms with Crippen molar-refractivity contribution in [2.24, 2.45) is 0 Å². The Morgan fingerprint density at radius 2 is 1.25 bits per heavy atom. The zero-order valence-electron chi connectivity index (χ0n) is 17.7. The number of hydrogen-bond donors (Lipinski definition) is 0. The zero-order chi connectivity index (χ0) is 18.8. The molecule has 0 aliphatic rings. The largest absolute Gasteiger partial charge is 4.00 e. The van der Waals surface area contributed by atoms with E-state index in [0.29, 0.717) is 11.8 Å². The Kier molecular flexibility index (Phi) is 20.0. The van der Waals surface area contributed by atoms with E-state index >= 15 is 0 Å². The average molecular weight is 599 g/mol. The number of benzene rings is 2. The fraction of sp³-hybridized carbons (Fsp3) is 0.348. The van der Waals surface area contributed by atoms with Crippen LogP contribution in [0.3, 0.4) is 0 Å². The van der Waals surface area contributed by atoms with Gasteiger partial charge < -0.3 is 30.5 Å². The summed E-state index contributed by atoms with van der Waals surface area (Å²) in [6, 6.07) is 20.8. The molecule has 150 valence electrons.